The van der Waals surface area contributed by atoms with Crippen LogP contribution < -0.4 is 5.32 Å². The molecule has 30 heavy (non-hydrogen) atoms. The van der Waals surface area contributed by atoms with Gasteiger partial charge in [-0.25, -0.2) is 0 Å². The number of nitrogens with one attached hydrogen (secondary N) is 1. The van der Waals surface area contributed by atoms with E-state index >= 15 is 0 Å². The quantitative estimate of drug-likeness (QED) is 0.716. The lowest BCUT2D eigenvalue weighted by atomic mass is 10.1. The molecule has 0 aliphatic carbocycles. The van der Waals surface area contributed by atoms with Gasteiger partial charge in [-0.2, -0.15) is 0 Å². The number of carbonyl (C=O) groups is 2. The minimum Gasteiger partial charge on any atom is -0.378 e. The molecular weight excluding hydrogens is 384 g/mol. The average molecular weight is 408 g/mol. The van der Waals surface area contributed by atoms with E-state index in [-0.39, 0.29) is 11.8 Å². The molecule has 1 fully saturated rings. The monoisotopic (exact) mass is 408 g/mol. The predicted octanol–water partition coefficient (Wildman–Crippen LogP) is 3.12. The molecule has 0 atom stereocenters. The van der Waals surface area contributed by atoms with Crippen molar-refractivity contribution < 1.29 is 18.8 Å². The van der Waals surface area contributed by atoms with E-state index in [9.17, 15) is 9.59 Å². The van der Waals surface area contributed by atoms with Crippen LogP contribution in [0.5, 0.6) is 0 Å². The molecule has 1 N–H and O–H groups in total. The number of benzene rings is 1. The highest BCUT2D eigenvalue weighted by Gasteiger charge is 2.21. The molecule has 1 aliphatic heterocycles. The van der Waals surface area contributed by atoms with E-state index in [1.165, 1.54) is 0 Å². The van der Waals surface area contributed by atoms with Crippen LogP contribution in [0.3, 0.4) is 0 Å². The van der Waals surface area contributed by atoms with E-state index in [1.54, 1.807) is 29.2 Å². The van der Waals surface area contributed by atoms with E-state index < -0.39 is 0 Å². The lowest BCUT2D eigenvalue weighted by Gasteiger charge is -2.27. The first-order valence-electron chi connectivity index (χ1n) is 9.85. The summed E-state index contributed by atoms with van der Waals surface area (Å²) in [7, 11) is 0. The fourth-order valence-corrected chi connectivity index (χ4v) is 3.68. The minimum absolute atomic E-state index is 0.0611. The Morgan fingerprint density at radius 3 is 2.53 bits per heavy atom. The summed E-state index contributed by atoms with van der Waals surface area (Å²) in [5.74, 6) is 1.03. The highest BCUT2D eigenvalue weighted by atomic mass is 16.5. The second-order valence-electron chi connectivity index (χ2n) is 7.36. The number of aromatic nitrogens is 2. The summed E-state index contributed by atoms with van der Waals surface area (Å²) in [6, 6.07) is 10.6. The molecule has 0 saturated carbocycles. The third-order valence-corrected chi connectivity index (χ3v) is 5.19. The van der Waals surface area contributed by atoms with Crippen LogP contribution in [0.2, 0.25) is 0 Å². The van der Waals surface area contributed by atoms with Crippen molar-refractivity contribution in [3.05, 3.63) is 64.7 Å². The number of anilines is 1. The first kappa shape index (κ1) is 19.9. The molecule has 2 aromatic heterocycles. The molecule has 3 heterocycles. The standard InChI is InChI=1S/C22H24N4O4/c1-14-11-19(16(3)26(14)20-12-15(2)30-24-20)21(27)23-18-6-4-5-17(13-18)22(28)25-7-9-29-10-8-25/h4-6,11-13H,7-10H2,1-3H3,(H,23,27). The molecule has 0 unspecified atom stereocenters. The molecule has 1 saturated heterocycles. The summed E-state index contributed by atoms with van der Waals surface area (Å²) >= 11 is 0. The summed E-state index contributed by atoms with van der Waals surface area (Å²) in [5, 5.41) is 6.95. The summed E-state index contributed by atoms with van der Waals surface area (Å²) in [4.78, 5) is 27.4. The van der Waals surface area contributed by atoms with Crippen LogP contribution in [0.15, 0.2) is 40.9 Å². The SMILES string of the molecule is Cc1cc(-n2c(C)cc(C(=O)Nc3cccc(C(=O)N4CCOCC4)c3)c2C)no1. The van der Waals surface area contributed by atoms with Crippen LogP contribution in [-0.4, -0.2) is 52.7 Å². The van der Waals surface area contributed by atoms with Gasteiger partial charge in [0, 0.05) is 41.8 Å². The number of carbonyl (C=O) groups excluding carboxylic acids is 2. The second-order valence-corrected chi connectivity index (χ2v) is 7.36. The zero-order chi connectivity index (χ0) is 21.3. The van der Waals surface area contributed by atoms with Gasteiger partial charge < -0.3 is 19.5 Å². The normalized spacial score (nSPS) is 14.0. The highest BCUT2D eigenvalue weighted by Crippen LogP contribution is 2.22. The first-order chi connectivity index (χ1) is 14.4. The third-order valence-electron chi connectivity index (χ3n) is 5.19. The Balaban J connectivity index is 1.54. The molecule has 2 amide bonds. The van der Waals surface area contributed by atoms with Crippen molar-refractivity contribution >= 4 is 17.5 Å². The van der Waals surface area contributed by atoms with Crippen LogP contribution in [-0.2, 0) is 4.74 Å². The molecule has 1 aliphatic rings. The Labute approximate surface area is 174 Å². The largest absolute Gasteiger partial charge is 0.378 e. The van der Waals surface area contributed by atoms with Gasteiger partial charge in [0.2, 0.25) is 0 Å². The van der Waals surface area contributed by atoms with Gasteiger partial charge in [-0.15, -0.1) is 0 Å². The molecule has 8 nitrogen and oxygen atoms in total. The first-order valence-corrected chi connectivity index (χ1v) is 9.85. The maximum Gasteiger partial charge on any atom is 0.257 e. The van der Waals surface area contributed by atoms with Crippen molar-refractivity contribution in [2.45, 2.75) is 20.8 Å². The Bertz CT molecular complexity index is 1090. The van der Waals surface area contributed by atoms with Crippen LogP contribution in [0, 0.1) is 20.8 Å². The molecule has 156 valence electrons. The van der Waals surface area contributed by atoms with E-state index in [1.807, 2.05) is 37.5 Å². The fraction of sp³-hybridized carbons (Fsp3) is 0.318. The number of ether oxygens (including phenoxy) is 1. The lowest BCUT2D eigenvalue weighted by molar-refractivity contribution is 0.0303. The minimum atomic E-state index is -0.245. The van der Waals surface area contributed by atoms with Gasteiger partial charge >= 0.3 is 0 Å². The van der Waals surface area contributed by atoms with Crippen LogP contribution >= 0.6 is 0 Å². The topological polar surface area (TPSA) is 89.6 Å². The van der Waals surface area contributed by atoms with E-state index in [4.69, 9.17) is 9.26 Å². The van der Waals surface area contributed by atoms with Crippen molar-refractivity contribution in [1.82, 2.24) is 14.6 Å². The Hall–Kier alpha value is -3.39. The Morgan fingerprint density at radius 2 is 1.83 bits per heavy atom. The smallest absolute Gasteiger partial charge is 0.257 e. The molecule has 3 aromatic rings. The molecule has 1 aromatic carbocycles. The van der Waals surface area contributed by atoms with E-state index in [2.05, 4.69) is 10.5 Å². The Kier molecular flexibility index (Phi) is 5.41. The zero-order valence-corrected chi connectivity index (χ0v) is 17.3. The van der Waals surface area contributed by atoms with Gasteiger partial charge in [-0.05, 0) is 45.0 Å². The molecule has 0 radical (unpaired) electrons. The summed E-state index contributed by atoms with van der Waals surface area (Å²) < 4.78 is 12.3. The molecule has 0 spiro atoms. The number of aryl methyl sites for hydroxylation is 2. The summed E-state index contributed by atoms with van der Waals surface area (Å²) in [5.41, 5.74) is 3.29. The third kappa shape index (κ3) is 3.86. The Morgan fingerprint density at radius 1 is 1.07 bits per heavy atom. The fourth-order valence-electron chi connectivity index (χ4n) is 3.68. The van der Waals surface area contributed by atoms with Gasteiger partial charge in [0.15, 0.2) is 5.82 Å². The van der Waals surface area contributed by atoms with Crippen LogP contribution in [0.25, 0.3) is 5.82 Å². The zero-order valence-electron chi connectivity index (χ0n) is 17.3. The number of nitrogens with zero attached hydrogens (tertiary/aromatic N) is 3. The van der Waals surface area contributed by atoms with Gasteiger partial charge in [0.25, 0.3) is 11.8 Å². The van der Waals surface area contributed by atoms with Crippen molar-refractivity contribution in [3.8, 4) is 5.82 Å². The van der Waals surface area contributed by atoms with Crippen molar-refractivity contribution in [2.75, 3.05) is 31.6 Å². The lowest BCUT2D eigenvalue weighted by Crippen LogP contribution is -2.40. The predicted molar refractivity (Wildman–Crippen MR) is 111 cm³/mol. The summed E-state index contributed by atoms with van der Waals surface area (Å²) in [6.45, 7) is 7.83. The molecule has 0 bridgehead atoms. The van der Waals surface area contributed by atoms with E-state index in [0.29, 0.717) is 54.7 Å². The van der Waals surface area contributed by atoms with Gasteiger partial charge in [-0.3, -0.25) is 14.2 Å². The van der Waals surface area contributed by atoms with Crippen LogP contribution in [0.4, 0.5) is 5.69 Å². The molecule has 4 rings (SSSR count). The van der Waals surface area contributed by atoms with Gasteiger partial charge in [0.05, 0.1) is 18.8 Å². The van der Waals surface area contributed by atoms with E-state index in [0.717, 1.165) is 11.4 Å². The molecule has 8 heteroatoms. The van der Waals surface area contributed by atoms with Crippen molar-refractivity contribution in [3.63, 3.8) is 0 Å². The van der Waals surface area contributed by atoms with Crippen molar-refractivity contribution in [2.24, 2.45) is 0 Å². The maximum absolute atomic E-state index is 12.9. The highest BCUT2D eigenvalue weighted by molar-refractivity contribution is 6.06. The number of hydrogen-bond acceptors (Lipinski definition) is 5. The average Bonchev–Trinajstić information content (AvgIpc) is 3.30. The van der Waals surface area contributed by atoms with Crippen LogP contribution in [0.1, 0.15) is 37.9 Å². The summed E-state index contributed by atoms with van der Waals surface area (Å²) in [6.07, 6.45) is 0. The maximum atomic E-state index is 12.9. The number of rotatable bonds is 4. The number of hydrogen-bond donors (Lipinski definition) is 1. The van der Waals surface area contributed by atoms with Crippen molar-refractivity contribution in [1.29, 1.82) is 0 Å². The van der Waals surface area contributed by atoms with Gasteiger partial charge in [0.1, 0.15) is 5.76 Å². The van der Waals surface area contributed by atoms with Gasteiger partial charge in [-0.1, -0.05) is 11.2 Å². The molecular formula is C22H24N4O4. The second kappa shape index (κ2) is 8.16. The number of amides is 2. The number of morpholine rings is 1.